The molecule has 2 aromatic heterocycles. The molecule has 11 heteroatoms. The number of pyridine rings is 1. The molecule has 2 aromatic rings. The number of aromatic nitrogens is 3. The number of nitrogens with one attached hydrogen (secondary N) is 1. The van der Waals surface area contributed by atoms with Crippen LogP contribution in [-0.2, 0) is 17.1 Å². The largest absolute Gasteiger partial charge is 0.294 e. The Hall–Kier alpha value is -3.05. The Morgan fingerprint density at radius 1 is 1.32 bits per heavy atom. The highest BCUT2D eigenvalue weighted by molar-refractivity contribution is 7.89. The fourth-order valence-electron chi connectivity index (χ4n) is 4.93. The van der Waals surface area contributed by atoms with Gasteiger partial charge in [-0.2, -0.15) is 5.10 Å². The molecule has 4 atom stereocenters. The Morgan fingerprint density at radius 3 is 2.78 bits per heavy atom. The molecule has 2 aliphatic rings. The van der Waals surface area contributed by atoms with Gasteiger partial charge in [0.25, 0.3) is 0 Å². The fraction of sp³-hybridized carbons (Fsp3) is 0.462. The number of carbonyl (C=O) groups excluding carboxylic acids is 1. The van der Waals surface area contributed by atoms with E-state index in [-0.39, 0.29) is 41.5 Å². The van der Waals surface area contributed by atoms with Crippen molar-refractivity contribution in [2.24, 2.45) is 29.8 Å². The molecule has 0 radical (unpaired) electrons. The molecule has 0 amide bonds. The molecule has 0 spiro atoms. The van der Waals surface area contributed by atoms with Crippen molar-refractivity contribution in [2.75, 3.05) is 12.3 Å². The van der Waals surface area contributed by atoms with Crippen LogP contribution in [0.15, 0.2) is 47.8 Å². The van der Waals surface area contributed by atoms with Crippen molar-refractivity contribution in [3.05, 3.63) is 54.0 Å². The smallest absolute Gasteiger partial charge is 0.212 e. The molecule has 0 aliphatic heterocycles. The van der Waals surface area contributed by atoms with Gasteiger partial charge in [0.05, 0.1) is 36.1 Å². The third kappa shape index (κ3) is 6.64. The van der Waals surface area contributed by atoms with E-state index in [0.29, 0.717) is 30.5 Å². The van der Waals surface area contributed by atoms with Crippen molar-refractivity contribution < 1.29 is 22.0 Å². The standard InChI is InChI=1S/C26H31F2N5O3S/c1-16(27)10-29-25(17(2)28)13-32-37(35,36)15-18-4-5-19-6-7-24-23(26(34)22(19)8-18)9-20(11-30-24)21-12-31-33(3)14-21/h6-7,9-12,14,17-19,22,32H,4-5,8,13,15H2,1-3H3/b16-10+,29-25?/t17?,18-,19?,22?/m0/s1. The van der Waals surface area contributed by atoms with E-state index in [4.69, 9.17) is 0 Å². The minimum atomic E-state index is -3.78. The molecular formula is C26H31F2N5O3S. The molecule has 3 unspecified atom stereocenters. The Bertz CT molecular complexity index is 1360. The quantitative estimate of drug-likeness (QED) is 0.512. The molecule has 0 saturated heterocycles. The number of alkyl halides is 1. The first-order valence-electron chi connectivity index (χ1n) is 12.2. The number of hydrogen-bond acceptors (Lipinski definition) is 6. The van der Waals surface area contributed by atoms with E-state index in [1.165, 1.54) is 13.8 Å². The minimum Gasteiger partial charge on any atom is -0.294 e. The molecule has 2 heterocycles. The van der Waals surface area contributed by atoms with Crippen LogP contribution in [0.1, 0.15) is 49.2 Å². The van der Waals surface area contributed by atoms with E-state index >= 15 is 0 Å². The van der Waals surface area contributed by atoms with Crippen LogP contribution in [0.2, 0.25) is 0 Å². The number of Topliss-reactive ketones (excluding diaryl/α,β-unsaturated/α-hetero) is 1. The van der Waals surface area contributed by atoms with Gasteiger partial charge in [-0.05, 0) is 57.1 Å². The van der Waals surface area contributed by atoms with Gasteiger partial charge < -0.3 is 0 Å². The van der Waals surface area contributed by atoms with Crippen LogP contribution in [0.4, 0.5) is 8.78 Å². The molecule has 1 saturated carbocycles. The molecule has 37 heavy (non-hydrogen) atoms. The van der Waals surface area contributed by atoms with E-state index in [2.05, 4.69) is 19.8 Å². The molecule has 8 nitrogen and oxygen atoms in total. The lowest BCUT2D eigenvalue weighted by Gasteiger charge is -2.33. The van der Waals surface area contributed by atoms with Gasteiger partial charge in [0, 0.05) is 42.0 Å². The van der Waals surface area contributed by atoms with E-state index in [1.54, 1.807) is 17.1 Å². The van der Waals surface area contributed by atoms with E-state index in [1.807, 2.05) is 31.5 Å². The molecule has 2 aliphatic carbocycles. The molecular weight excluding hydrogens is 500 g/mol. The van der Waals surface area contributed by atoms with Crippen LogP contribution < -0.4 is 4.72 Å². The first-order chi connectivity index (χ1) is 17.5. The summed E-state index contributed by atoms with van der Waals surface area (Å²) in [6, 6.07) is 1.84. The van der Waals surface area contributed by atoms with Crippen LogP contribution >= 0.6 is 0 Å². The van der Waals surface area contributed by atoms with Gasteiger partial charge in [-0.15, -0.1) is 0 Å². The summed E-state index contributed by atoms with van der Waals surface area (Å²) in [5, 5.41) is 4.19. The summed E-state index contributed by atoms with van der Waals surface area (Å²) in [4.78, 5) is 21.9. The predicted molar refractivity (Wildman–Crippen MR) is 139 cm³/mol. The normalized spacial score (nSPS) is 23.4. The third-order valence-electron chi connectivity index (χ3n) is 6.87. The zero-order valence-corrected chi connectivity index (χ0v) is 21.9. The van der Waals surface area contributed by atoms with Gasteiger partial charge in [-0.3, -0.25) is 19.5 Å². The van der Waals surface area contributed by atoms with Gasteiger partial charge in [-0.1, -0.05) is 6.08 Å². The number of ketones is 1. The monoisotopic (exact) mass is 531 g/mol. The summed E-state index contributed by atoms with van der Waals surface area (Å²) in [5.41, 5.74) is 2.69. The molecule has 1 fully saturated rings. The number of allylic oxidation sites excluding steroid dienone is 2. The second-order valence-corrected chi connectivity index (χ2v) is 11.6. The lowest BCUT2D eigenvalue weighted by Crippen LogP contribution is -2.38. The second kappa shape index (κ2) is 11.1. The lowest BCUT2D eigenvalue weighted by molar-refractivity contribution is 0.0826. The lowest BCUT2D eigenvalue weighted by atomic mass is 9.72. The number of sulfonamides is 1. The van der Waals surface area contributed by atoms with E-state index in [9.17, 15) is 22.0 Å². The topological polar surface area (TPSA) is 106 Å². The molecule has 4 rings (SSSR count). The highest BCUT2D eigenvalue weighted by Crippen LogP contribution is 2.40. The van der Waals surface area contributed by atoms with Crippen molar-refractivity contribution in [1.29, 1.82) is 0 Å². The van der Waals surface area contributed by atoms with Gasteiger partial charge in [0.2, 0.25) is 10.0 Å². The van der Waals surface area contributed by atoms with Crippen molar-refractivity contribution >= 4 is 27.6 Å². The third-order valence-corrected chi connectivity index (χ3v) is 8.36. The zero-order valence-electron chi connectivity index (χ0n) is 21.1. The number of halogens is 2. The summed E-state index contributed by atoms with van der Waals surface area (Å²) in [6.07, 6.45) is 10.3. The van der Waals surface area contributed by atoms with Crippen molar-refractivity contribution in [1.82, 2.24) is 19.5 Å². The van der Waals surface area contributed by atoms with Crippen LogP contribution in [-0.4, -0.2) is 53.1 Å². The van der Waals surface area contributed by atoms with Crippen LogP contribution in [0.5, 0.6) is 0 Å². The molecule has 0 bridgehead atoms. The van der Waals surface area contributed by atoms with Gasteiger partial charge in [-0.25, -0.2) is 21.9 Å². The summed E-state index contributed by atoms with van der Waals surface area (Å²) < 4.78 is 56.4. The average Bonchev–Trinajstić information content (AvgIpc) is 3.22. The highest BCUT2D eigenvalue weighted by Gasteiger charge is 2.38. The van der Waals surface area contributed by atoms with Gasteiger partial charge >= 0.3 is 0 Å². The maximum absolute atomic E-state index is 13.8. The zero-order chi connectivity index (χ0) is 26.7. The highest BCUT2D eigenvalue weighted by atomic mass is 32.2. The Balaban J connectivity index is 1.47. The van der Waals surface area contributed by atoms with Crippen LogP contribution in [0.3, 0.4) is 0 Å². The number of aryl methyl sites for hydroxylation is 1. The number of carbonyl (C=O) groups is 1. The van der Waals surface area contributed by atoms with E-state index in [0.717, 1.165) is 17.3 Å². The van der Waals surface area contributed by atoms with Crippen molar-refractivity contribution in [3.8, 4) is 11.1 Å². The van der Waals surface area contributed by atoms with Crippen molar-refractivity contribution in [3.63, 3.8) is 0 Å². The van der Waals surface area contributed by atoms with Crippen LogP contribution in [0, 0.1) is 17.8 Å². The van der Waals surface area contributed by atoms with Gasteiger partial charge in [0.15, 0.2) is 5.78 Å². The Labute approximate surface area is 215 Å². The maximum atomic E-state index is 13.8. The van der Waals surface area contributed by atoms with E-state index < -0.39 is 22.0 Å². The SMILES string of the molecule is C/C(F)=C\N=C(CNS(=O)(=O)C[C@H]1CCC2C=Cc3ncc(-c4cnn(C)c4)cc3C(=O)C2C1)C(C)F. The second-order valence-electron chi connectivity index (χ2n) is 9.79. The predicted octanol–water partition coefficient (Wildman–Crippen LogP) is 4.27. The summed E-state index contributed by atoms with van der Waals surface area (Å²) in [5.74, 6) is -1.39. The Morgan fingerprint density at radius 2 is 2.11 bits per heavy atom. The molecule has 198 valence electrons. The number of hydrogen-bond donors (Lipinski definition) is 1. The summed E-state index contributed by atoms with van der Waals surface area (Å²) >= 11 is 0. The van der Waals surface area contributed by atoms with Gasteiger partial charge in [0.1, 0.15) is 12.0 Å². The number of rotatable bonds is 8. The number of aliphatic imine (C=N–C) groups is 1. The summed E-state index contributed by atoms with van der Waals surface area (Å²) in [6.45, 7) is 2.04. The summed E-state index contributed by atoms with van der Waals surface area (Å²) in [7, 11) is -1.96. The first kappa shape index (κ1) is 27.0. The fourth-order valence-corrected chi connectivity index (χ4v) is 6.34. The first-order valence-corrected chi connectivity index (χ1v) is 13.9. The Kier molecular flexibility index (Phi) is 8.13. The molecule has 1 N–H and O–H groups in total. The average molecular weight is 532 g/mol. The maximum Gasteiger partial charge on any atom is 0.212 e. The molecule has 0 aromatic carbocycles. The number of fused-ring (bicyclic) bond motifs is 2. The van der Waals surface area contributed by atoms with Crippen molar-refractivity contribution in [2.45, 2.75) is 39.3 Å². The minimum absolute atomic E-state index is 0.0114. The van der Waals surface area contributed by atoms with Crippen LogP contribution in [0.25, 0.3) is 17.2 Å². The number of nitrogens with zero attached hydrogens (tertiary/aromatic N) is 4.